The second-order valence-corrected chi connectivity index (χ2v) is 4.61. The van der Waals surface area contributed by atoms with Gasteiger partial charge in [0.15, 0.2) is 17.5 Å². The summed E-state index contributed by atoms with van der Waals surface area (Å²) in [5, 5.41) is 2.47. The summed E-state index contributed by atoms with van der Waals surface area (Å²) in [4.78, 5) is 3.76. The number of pyridine rings is 1. The molecule has 0 aliphatic heterocycles. The summed E-state index contributed by atoms with van der Waals surface area (Å²) in [7, 11) is 0. The summed E-state index contributed by atoms with van der Waals surface area (Å²) < 4.78 is 26.6. The van der Waals surface area contributed by atoms with Gasteiger partial charge in [0.05, 0.1) is 15.1 Å². The van der Waals surface area contributed by atoms with E-state index in [1.165, 1.54) is 18.3 Å². The predicted octanol–water partition coefficient (Wildman–Crippen LogP) is 5.06. The van der Waals surface area contributed by atoms with Crippen LogP contribution in [0, 0.1) is 11.6 Å². The SMILES string of the molecule is Fc1cc(Cl)cnc1Nc1cc(Cl)c(F)c(Cl)c1. The molecule has 1 aromatic carbocycles. The summed E-state index contributed by atoms with van der Waals surface area (Å²) in [6.07, 6.45) is 1.28. The molecule has 7 heteroatoms. The molecule has 0 bridgehead atoms. The highest BCUT2D eigenvalue weighted by Crippen LogP contribution is 2.29. The van der Waals surface area contributed by atoms with E-state index in [0.717, 1.165) is 6.07 Å². The van der Waals surface area contributed by atoms with Crippen LogP contribution < -0.4 is 5.32 Å². The number of nitrogens with zero attached hydrogens (tertiary/aromatic N) is 1. The van der Waals surface area contributed by atoms with Crippen molar-refractivity contribution in [3.05, 3.63) is 51.1 Å². The largest absolute Gasteiger partial charge is 0.338 e. The van der Waals surface area contributed by atoms with Gasteiger partial charge < -0.3 is 5.32 Å². The molecule has 94 valence electrons. The van der Waals surface area contributed by atoms with Crippen LogP contribution in [-0.4, -0.2) is 4.98 Å². The van der Waals surface area contributed by atoms with Gasteiger partial charge >= 0.3 is 0 Å². The van der Waals surface area contributed by atoms with Crippen molar-refractivity contribution in [1.29, 1.82) is 0 Å². The molecule has 0 saturated heterocycles. The molecule has 0 fully saturated rings. The van der Waals surface area contributed by atoms with Crippen molar-refractivity contribution in [2.75, 3.05) is 5.32 Å². The maximum atomic E-state index is 13.5. The Labute approximate surface area is 116 Å². The second-order valence-electron chi connectivity index (χ2n) is 3.36. The fraction of sp³-hybridized carbons (Fsp3) is 0. The van der Waals surface area contributed by atoms with E-state index in [2.05, 4.69) is 10.3 Å². The maximum absolute atomic E-state index is 13.5. The summed E-state index contributed by atoms with van der Waals surface area (Å²) >= 11 is 16.8. The summed E-state index contributed by atoms with van der Waals surface area (Å²) in [6, 6.07) is 3.65. The van der Waals surface area contributed by atoms with Gasteiger partial charge in [-0.1, -0.05) is 34.8 Å². The van der Waals surface area contributed by atoms with Crippen molar-refractivity contribution in [3.8, 4) is 0 Å². The minimum Gasteiger partial charge on any atom is -0.338 e. The van der Waals surface area contributed by atoms with Crippen LogP contribution in [-0.2, 0) is 0 Å². The highest BCUT2D eigenvalue weighted by Gasteiger charge is 2.10. The first-order valence-corrected chi connectivity index (χ1v) is 5.83. The quantitative estimate of drug-likeness (QED) is 0.784. The highest BCUT2D eigenvalue weighted by atomic mass is 35.5. The van der Waals surface area contributed by atoms with E-state index >= 15 is 0 Å². The van der Waals surface area contributed by atoms with E-state index in [1.54, 1.807) is 0 Å². The lowest BCUT2D eigenvalue weighted by molar-refractivity contribution is 0.626. The van der Waals surface area contributed by atoms with Crippen LogP contribution in [0.3, 0.4) is 0 Å². The monoisotopic (exact) mass is 308 g/mol. The van der Waals surface area contributed by atoms with Crippen molar-refractivity contribution in [3.63, 3.8) is 0 Å². The molecule has 2 rings (SSSR count). The molecule has 0 saturated carbocycles. The number of nitrogens with one attached hydrogen (secondary N) is 1. The Bertz CT molecular complexity index is 582. The van der Waals surface area contributed by atoms with Crippen molar-refractivity contribution in [1.82, 2.24) is 4.98 Å². The van der Waals surface area contributed by atoms with Crippen molar-refractivity contribution in [2.45, 2.75) is 0 Å². The Balaban J connectivity index is 2.34. The van der Waals surface area contributed by atoms with Crippen LogP contribution in [0.5, 0.6) is 0 Å². The van der Waals surface area contributed by atoms with Crippen LogP contribution in [0.15, 0.2) is 24.4 Å². The Morgan fingerprint density at radius 3 is 2.17 bits per heavy atom. The predicted molar refractivity (Wildman–Crippen MR) is 68.9 cm³/mol. The zero-order valence-corrected chi connectivity index (χ0v) is 10.9. The fourth-order valence-corrected chi connectivity index (χ4v) is 1.90. The second kappa shape index (κ2) is 5.26. The van der Waals surface area contributed by atoms with Crippen LogP contribution >= 0.6 is 34.8 Å². The van der Waals surface area contributed by atoms with Crippen LogP contribution in [0.25, 0.3) is 0 Å². The molecule has 18 heavy (non-hydrogen) atoms. The molecule has 2 nitrogen and oxygen atoms in total. The number of benzene rings is 1. The Morgan fingerprint density at radius 2 is 1.61 bits per heavy atom. The topological polar surface area (TPSA) is 24.9 Å². The third kappa shape index (κ3) is 2.83. The minimum atomic E-state index is -0.728. The van der Waals surface area contributed by atoms with E-state index < -0.39 is 11.6 Å². The van der Waals surface area contributed by atoms with E-state index in [4.69, 9.17) is 34.8 Å². The van der Waals surface area contributed by atoms with Crippen molar-refractivity contribution < 1.29 is 8.78 Å². The number of rotatable bonds is 2. The molecule has 0 amide bonds. The summed E-state index contributed by atoms with van der Waals surface area (Å²) in [6.45, 7) is 0. The van der Waals surface area contributed by atoms with Gasteiger partial charge in [-0.05, 0) is 18.2 Å². The Kier molecular flexibility index (Phi) is 3.90. The average molecular weight is 310 g/mol. The summed E-state index contributed by atoms with van der Waals surface area (Å²) in [5.41, 5.74) is 0.320. The van der Waals surface area contributed by atoms with Gasteiger partial charge in [-0.15, -0.1) is 0 Å². The van der Waals surface area contributed by atoms with Crippen LogP contribution in [0.1, 0.15) is 0 Å². The zero-order chi connectivity index (χ0) is 13.3. The third-order valence-corrected chi connectivity index (χ3v) is 2.81. The molecule has 0 spiro atoms. The standard InChI is InChI=1S/C11H5Cl3F2N2/c12-5-1-9(15)11(17-4-5)18-6-2-7(13)10(16)8(14)3-6/h1-4H,(H,17,18). The molecule has 1 aromatic heterocycles. The normalized spacial score (nSPS) is 10.5. The molecule has 1 heterocycles. The molecule has 0 aliphatic rings. The van der Waals surface area contributed by atoms with E-state index in [-0.39, 0.29) is 20.9 Å². The minimum absolute atomic E-state index is 0.0573. The van der Waals surface area contributed by atoms with E-state index in [1.807, 2.05) is 0 Å². The maximum Gasteiger partial charge on any atom is 0.167 e. The molecular weight excluding hydrogens is 304 g/mol. The molecule has 1 N–H and O–H groups in total. The van der Waals surface area contributed by atoms with Gasteiger partial charge in [0.25, 0.3) is 0 Å². The number of halogens is 5. The third-order valence-electron chi connectivity index (χ3n) is 2.05. The molecule has 2 aromatic rings. The molecule has 0 unspecified atom stereocenters. The van der Waals surface area contributed by atoms with Crippen molar-refractivity contribution in [2.24, 2.45) is 0 Å². The van der Waals surface area contributed by atoms with Gasteiger partial charge in [-0.25, -0.2) is 13.8 Å². The summed E-state index contributed by atoms with van der Waals surface area (Å²) in [5.74, 6) is -1.43. The van der Waals surface area contributed by atoms with Gasteiger partial charge in [0.1, 0.15) is 0 Å². The molecule has 0 aliphatic carbocycles. The first-order chi connectivity index (χ1) is 8.47. The van der Waals surface area contributed by atoms with Gasteiger partial charge in [0.2, 0.25) is 0 Å². The smallest absolute Gasteiger partial charge is 0.167 e. The number of aromatic nitrogens is 1. The van der Waals surface area contributed by atoms with Gasteiger partial charge in [-0.2, -0.15) is 0 Å². The lowest BCUT2D eigenvalue weighted by Crippen LogP contribution is -1.97. The molecule has 0 radical (unpaired) electrons. The van der Waals surface area contributed by atoms with E-state index in [0.29, 0.717) is 5.69 Å². The lowest BCUT2D eigenvalue weighted by Gasteiger charge is -2.08. The first kappa shape index (κ1) is 13.3. The Morgan fingerprint density at radius 1 is 1.00 bits per heavy atom. The molecular formula is C11H5Cl3F2N2. The number of hydrogen-bond acceptors (Lipinski definition) is 2. The highest BCUT2D eigenvalue weighted by molar-refractivity contribution is 6.35. The van der Waals surface area contributed by atoms with Crippen LogP contribution in [0.2, 0.25) is 15.1 Å². The van der Waals surface area contributed by atoms with Gasteiger partial charge in [0, 0.05) is 11.9 Å². The molecule has 0 atom stereocenters. The van der Waals surface area contributed by atoms with Crippen molar-refractivity contribution >= 4 is 46.3 Å². The lowest BCUT2D eigenvalue weighted by atomic mass is 10.3. The fourth-order valence-electron chi connectivity index (χ4n) is 1.27. The van der Waals surface area contributed by atoms with E-state index in [9.17, 15) is 8.78 Å². The first-order valence-electron chi connectivity index (χ1n) is 4.70. The number of anilines is 2. The zero-order valence-electron chi connectivity index (χ0n) is 8.65. The van der Waals surface area contributed by atoms with Crippen LogP contribution in [0.4, 0.5) is 20.3 Å². The average Bonchev–Trinajstić information content (AvgIpc) is 2.29. The number of hydrogen-bond donors (Lipinski definition) is 1. The Hall–Kier alpha value is -1.10. The van der Waals surface area contributed by atoms with Gasteiger partial charge in [-0.3, -0.25) is 0 Å².